The lowest BCUT2D eigenvalue weighted by molar-refractivity contribution is -0.145. The van der Waals surface area contributed by atoms with E-state index >= 15 is 0 Å². The first-order valence-electron chi connectivity index (χ1n) is 7.25. The summed E-state index contributed by atoms with van der Waals surface area (Å²) in [4.78, 5) is 24.1. The van der Waals surface area contributed by atoms with E-state index in [1.165, 1.54) is 26.4 Å². The Bertz CT molecular complexity index is 719. The third-order valence-corrected chi connectivity index (χ3v) is 4.51. The van der Waals surface area contributed by atoms with Gasteiger partial charge in [-0.05, 0) is 0 Å². The lowest BCUT2D eigenvalue weighted by atomic mass is 9.82. The molecule has 1 fully saturated rings. The predicted octanol–water partition coefficient (Wildman–Crippen LogP) is 1.95. The summed E-state index contributed by atoms with van der Waals surface area (Å²) in [5.41, 5.74) is 0.347. The summed E-state index contributed by atoms with van der Waals surface area (Å²) in [6.07, 6.45) is 2.27. The molecule has 2 aliphatic rings. The zero-order chi connectivity index (χ0) is 17.4. The molecule has 2 aliphatic heterocycles. The number of carboxylic acid groups (broad SMARTS) is 1. The van der Waals surface area contributed by atoms with E-state index in [2.05, 4.69) is 5.32 Å². The highest BCUT2D eigenvalue weighted by atomic mass is 35.5. The van der Waals surface area contributed by atoms with Crippen LogP contribution in [-0.2, 0) is 14.3 Å². The van der Waals surface area contributed by atoms with Gasteiger partial charge in [-0.15, -0.1) is 0 Å². The van der Waals surface area contributed by atoms with E-state index in [1.807, 2.05) is 0 Å². The van der Waals surface area contributed by atoms with Crippen LogP contribution in [0.15, 0.2) is 24.3 Å². The van der Waals surface area contributed by atoms with Crippen molar-refractivity contribution in [3.8, 4) is 11.5 Å². The van der Waals surface area contributed by atoms with Crippen molar-refractivity contribution in [3.63, 3.8) is 0 Å². The number of amides is 1. The lowest BCUT2D eigenvalue weighted by Gasteiger charge is -2.22. The van der Waals surface area contributed by atoms with Gasteiger partial charge in [0.2, 0.25) is 5.91 Å². The molecule has 1 aromatic rings. The number of benzene rings is 1. The molecule has 0 saturated carbocycles. The van der Waals surface area contributed by atoms with E-state index in [9.17, 15) is 14.7 Å². The normalized spacial score (nSPS) is 27.1. The molecule has 0 aliphatic carbocycles. The van der Waals surface area contributed by atoms with Crippen LogP contribution in [0.4, 0.5) is 5.69 Å². The molecule has 2 heterocycles. The number of aliphatic carboxylic acids is 1. The quantitative estimate of drug-likeness (QED) is 0.786. The maximum atomic E-state index is 12.7. The van der Waals surface area contributed by atoms with E-state index < -0.39 is 35.9 Å². The molecule has 4 atom stereocenters. The Morgan fingerprint density at radius 1 is 1.12 bits per heavy atom. The minimum Gasteiger partial charge on any atom is -0.495 e. The number of rotatable bonds is 5. The van der Waals surface area contributed by atoms with Crippen molar-refractivity contribution in [2.75, 3.05) is 19.5 Å². The molecule has 0 aromatic heterocycles. The van der Waals surface area contributed by atoms with Crippen LogP contribution in [0.5, 0.6) is 11.5 Å². The third kappa shape index (κ3) is 2.70. The summed E-state index contributed by atoms with van der Waals surface area (Å²) >= 11 is 6.04. The second-order valence-corrected chi connectivity index (χ2v) is 5.92. The monoisotopic (exact) mass is 353 g/mol. The maximum absolute atomic E-state index is 12.7. The van der Waals surface area contributed by atoms with Crippen LogP contribution in [0.2, 0.25) is 5.02 Å². The average Bonchev–Trinajstić information content (AvgIpc) is 3.16. The SMILES string of the molecule is COc1cc(NC(=O)C2C3C=CC(O3)C2C(=O)O)c(OC)cc1Cl. The molecular weight excluding hydrogens is 338 g/mol. The Labute approximate surface area is 143 Å². The first kappa shape index (κ1) is 16.6. The van der Waals surface area contributed by atoms with Crippen molar-refractivity contribution in [1.29, 1.82) is 0 Å². The van der Waals surface area contributed by atoms with Crippen LogP contribution in [0, 0.1) is 11.8 Å². The molecule has 4 unspecified atom stereocenters. The maximum Gasteiger partial charge on any atom is 0.310 e. The number of hydrogen-bond acceptors (Lipinski definition) is 5. The van der Waals surface area contributed by atoms with Gasteiger partial charge in [-0.3, -0.25) is 9.59 Å². The zero-order valence-corrected chi connectivity index (χ0v) is 13.7. The Balaban J connectivity index is 1.87. The summed E-state index contributed by atoms with van der Waals surface area (Å²) in [5, 5.41) is 12.4. The van der Waals surface area contributed by atoms with Gasteiger partial charge in [-0.2, -0.15) is 0 Å². The molecule has 128 valence electrons. The highest BCUT2D eigenvalue weighted by Gasteiger charge is 2.53. The number of nitrogens with one attached hydrogen (secondary N) is 1. The molecule has 7 nitrogen and oxygen atoms in total. The number of carbonyl (C=O) groups excluding carboxylic acids is 1. The third-order valence-electron chi connectivity index (χ3n) is 4.22. The summed E-state index contributed by atoms with van der Waals surface area (Å²) in [7, 11) is 2.89. The lowest BCUT2D eigenvalue weighted by Crippen LogP contribution is -2.39. The first-order valence-corrected chi connectivity index (χ1v) is 7.63. The smallest absolute Gasteiger partial charge is 0.310 e. The number of anilines is 1. The molecule has 1 amide bonds. The van der Waals surface area contributed by atoms with Gasteiger partial charge in [0.25, 0.3) is 0 Å². The van der Waals surface area contributed by atoms with Crippen molar-refractivity contribution < 1.29 is 28.9 Å². The minimum atomic E-state index is -1.06. The number of carbonyl (C=O) groups is 2. The number of carboxylic acids is 1. The van der Waals surface area contributed by atoms with Crippen LogP contribution in [0.25, 0.3) is 0 Å². The summed E-state index contributed by atoms with van der Waals surface area (Å²) in [6, 6.07) is 3.04. The van der Waals surface area contributed by atoms with Gasteiger partial charge in [0, 0.05) is 12.1 Å². The Hall–Kier alpha value is -2.25. The Morgan fingerprint density at radius 2 is 1.75 bits per heavy atom. The molecule has 2 bridgehead atoms. The second-order valence-electron chi connectivity index (χ2n) is 5.52. The fourth-order valence-corrected chi connectivity index (χ4v) is 3.32. The van der Waals surface area contributed by atoms with Crippen molar-refractivity contribution in [3.05, 3.63) is 29.3 Å². The van der Waals surface area contributed by atoms with Gasteiger partial charge in [0.1, 0.15) is 17.4 Å². The van der Waals surface area contributed by atoms with Crippen molar-refractivity contribution in [2.24, 2.45) is 11.8 Å². The Kier molecular flexibility index (Phi) is 4.38. The van der Waals surface area contributed by atoms with Crippen LogP contribution in [0.3, 0.4) is 0 Å². The highest BCUT2D eigenvalue weighted by molar-refractivity contribution is 6.32. The van der Waals surface area contributed by atoms with Gasteiger partial charge in [-0.25, -0.2) is 0 Å². The van der Waals surface area contributed by atoms with Crippen LogP contribution < -0.4 is 14.8 Å². The number of fused-ring (bicyclic) bond motifs is 2. The molecule has 0 radical (unpaired) electrons. The Morgan fingerprint density at radius 3 is 2.33 bits per heavy atom. The summed E-state index contributed by atoms with van der Waals surface area (Å²) in [6.45, 7) is 0. The van der Waals surface area contributed by atoms with E-state index in [4.69, 9.17) is 25.8 Å². The second kappa shape index (κ2) is 6.33. The van der Waals surface area contributed by atoms with E-state index in [0.29, 0.717) is 22.2 Å². The van der Waals surface area contributed by atoms with Crippen molar-refractivity contribution in [1.82, 2.24) is 0 Å². The fourth-order valence-electron chi connectivity index (χ4n) is 3.09. The van der Waals surface area contributed by atoms with Crippen LogP contribution >= 0.6 is 11.6 Å². The van der Waals surface area contributed by atoms with Gasteiger partial charge in [-0.1, -0.05) is 23.8 Å². The molecule has 24 heavy (non-hydrogen) atoms. The number of methoxy groups -OCH3 is 2. The fraction of sp³-hybridized carbons (Fsp3) is 0.375. The van der Waals surface area contributed by atoms with Gasteiger partial charge in [0.15, 0.2) is 0 Å². The zero-order valence-electron chi connectivity index (χ0n) is 13.0. The standard InChI is InChI=1S/C16H16ClNO6/c1-22-11-6-8(12(23-2)5-7(11)17)18-15(19)13-9-3-4-10(24-9)14(13)16(20)21/h3-6,9-10,13-14H,1-2H3,(H,18,19)(H,20,21). The largest absolute Gasteiger partial charge is 0.495 e. The van der Waals surface area contributed by atoms with Gasteiger partial charge in [0.05, 0.1) is 43.1 Å². The topological polar surface area (TPSA) is 94.1 Å². The van der Waals surface area contributed by atoms with Crippen molar-refractivity contribution >= 4 is 29.2 Å². The number of halogens is 1. The molecule has 0 spiro atoms. The summed E-state index contributed by atoms with van der Waals surface area (Å²) in [5.74, 6) is -2.54. The first-order chi connectivity index (χ1) is 11.5. The highest BCUT2D eigenvalue weighted by Crippen LogP contribution is 2.41. The summed E-state index contributed by atoms with van der Waals surface area (Å²) < 4.78 is 15.8. The molecule has 1 aromatic carbocycles. The van der Waals surface area contributed by atoms with Crippen LogP contribution in [0.1, 0.15) is 0 Å². The number of ether oxygens (including phenoxy) is 3. The van der Waals surface area contributed by atoms with Gasteiger partial charge >= 0.3 is 5.97 Å². The van der Waals surface area contributed by atoms with E-state index in [1.54, 1.807) is 12.2 Å². The minimum absolute atomic E-state index is 0.335. The predicted molar refractivity (Wildman–Crippen MR) is 85.6 cm³/mol. The molecule has 1 saturated heterocycles. The molecule has 3 rings (SSSR count). The molecule has 2 N–H and O–H groups in total. The van der Waals surface area contributed by atoms with E-state index in [-0.39, 0.29) is 0 Å². The molecule has 8 heteroatoms. The van der Waals surface area contributed by atoms with Crippen LogP contribution in [-0.4, -0.2) is 43.4 Å². The van der Waals surface area contributed by atoms with Gasteiger partial charge < -0.3 is 24.6 Å². The van der Waals surface area contributed by atoms with E-state index in [0.717, 1.165) is 0 Å². The molecular formula is C16H16ClNO6. The average molecular weight is 354 g/mol. The number of hydrogen-bond donors (Lipinski definition) is 2. The van der Waals surface area contributed by atoms with Crippen molar-refractivity contribution in [2.45, 2.75) is 12.2 Å².